The molecule has 22 heavy (non-hydrogen) atoms. The molecule has 2 rings (SSSR count). The Morgan fingerprint density at radius 3 is 2.64 bits per heavy atom. The summed E-state index contributed by atoms with van der Waals surface area (Å²) in [4.78, 5) is 6.48. The molecule has 1 aliphatic heterocycles. The number of nitrogens with two attached hydrogens (primary N) is 1. The zero-order chi connectivity index (χ0) is 14.9. The van der Waals surface area contributed by atoms with Gasteiger partial charge in [0.1, 0.15) is 12.4 Å². The van der Waals surface area contributed by atoms with E-state index in [0.29, 0.717) is 19.1 Å². The van der Waals surface area contributed by atoms with E-state index in [1.165, 1.54) is 5.56 Å². The van der Waals surface area contributed by atoms with E-state index in [0.717, 1.165) is 38.5 Å². The van der Waals surface area contributed by atoms with Crippen molar-refractivity contribution in [2.45, 2.75) is 6.42 Å². The molecule has 1 aliphatic rings. The Morgan fingerprint density at radius 1 is 1.32 bits per heavy atom. The lowest BCUT2D eigenvalue weighted by Crippen LogP contribution is -2.44. The van der Waals surface area contributed by atoms with E-state index in [1.54, 1.807) is 0 Å². The molecule has 120 valence electrons. The summed E-state index contributed by atoms with van der Waals surface area (Å²) < 4.78 is 10.6. The molecular weight excluding hydrogens is 393 g/mol. The van der Waals surface area contributed by atoms with Crippen LogP contribution in [0.5, 0.6) is 5.75 Å². The molecule has 0 aromatic heterocycles. The molecule has 0 amide bonds. The number of morpholine rings is 1. The fourth-order valence-electron chi connectivity index (χ4n) is 2.07. The number of rotatable bonds is 5. The third kappa shape index (κ3) is 6.12. The van der Waals surface area contributed by atoms with Gasteiger partial charge in [-0.3, -0.25) is 4.99 Å². The van der Waals surface area contributed by atoms with E-state index < -0.39 is 0 Å². The van der Waals surface area contributed by atoms with Crippen LogP contribution in [-0.4, -0.2) is 50.3 Å². The molecule has 1 aromatic rings. The van der Waals surface area contributed by atoms with Gasteiger partial charge in [0.05, 0.1) is 13.2 Å². The van der Waals surface area contributed by atoms with Gasteiger partial charge in [-0.15, -0.1) is 30.4 Å². The minimum atomic E-state index is 0. The molecule has 2 N–H and O–H groups in total. The van der Waals surface area contributed by atoms with Crippen LogP contribution in [0, 0.1) is 12.3 Å². The predicted octanol–water partition coefficient (Wildman–Crippen LogP) is 1.51. The fraction of sp³-hybridized carbons (Fsp3) is 0.438. The first kappa shape index (κ1) is 18.6. The summed E-state index contributed by atoms with van der Waals surface area (Å²) in [6.45, 7) is 4.03. The third-order valence-electron chi connectivity index (χ3n) is 3.25. The summed E-state index contributed by atoms with van der Waals surface area (Å²) in [6, 6.07) is 7.88. The minimum absolute atomic E-state index is 0. The van der Waals surface area contributed by atoms with Gasteiger partial charge in [0.15, 0.2) is 5.96 Å². The predicted molar refractivity (Wildman–Crippen MR) is 98.8 cm³/mol. The van der Waals surface area contributed by atoms with Crippen molar-refractivity contribution in [3.63, 3.8) is 0 Å². The Balaban J connectivity index is 0.00000242. The summed E-state index contributed by atoms with van der Waals surface area (Å²) in [5.74, 6) is 3.83. The highest BCUT2D eigenvalue weighted by molar-refractivity contribution is 14.0. The fourth-order valence-corrected chi connectivity index (χ4v) is 2.07. The number of hydrogen-bond donors (Lipinski definition) is 1. The number of halogens is 1. The summed E-state index contributed by atoms with van der Waals surface area (Å²) in [5, 5.41) is 0. The highest BCUT2D eigenvalue weighted by Gasteiger charge is 2.11. The molecule has 0 aliphatic carbocycles. The third-order valence-corrected chi connectivity index (χ3v) is 3.25. The van der Waals surface area contributed by atoms with Crippen LogP contribution in [0.1, 0.15) is 5.56 Å². The van der Waals surface area contributed by atoms with E-state index in [4.69, 9.17) is 21.6 Å². The first-order valence-corrected chi connectivity index (χ1v) is 7.07. The van der Waals surface area contributed by atoms with Crippen LogP contribution in [0.4, 0.5) is 0 Å². The molecule has 6 heteroatoms. The van der Waals surface area contributed by atoms with E-state index >= 15 is 0 Å². The first-order chi connectivity index (χ1) is 10.3. The van der Waals surface area contributed by atoms with E-state index in [1.807, 2.05) is 24.3 Å². The quantitative estimate of drug-likeness (QED) is 0.343. The van der Waals surface area contributed by atoms with Crippen molar-refractivity contribution in [3.05, 3.63) is 29.8 Å². The monoisotopic (exact) mass is 415 g/mol. The molecule has 0 bridgehead atoms. The molecule has 1 fully saturated rings. The minimum Gasteiger partial charge on any atom is -0.481 e. The lowest BCUT2D eigenvalue weighted by molar-refractivity contribution is 0.0674. The zero-order valence-corrected chi connectivity index (χ0v) is 14.9. The van der Waals surface area contributed by atoms with Gasteiger partial charge in [-0.05, 0) is 24.1 Å². The molecule has 1 heterocycles. The second-order valence-electron chi connectivity index (χ2n) is 4.73. The lowest BCUT2D eigenvalue weighted by Gasteiger charge is -2.27. The van der Waals surface area contributed by atoms with Gasteiger partial charge in [0.2, 0.25) is 0 Å². The number of nitrogens with zero attached hydrogens (tertiary/aromatic N) is 2. The smallest absolute Gasteiger partial charge is 0.191 e. The van der Waals surface area contributed by atoms with Gasteiger partial charge in [-0.1, -0.05) is 18.1 Å². The van der Waals surface area contributed by atoms with Crippen LogP contribution in [0.25, 0.3) is 0 Å². The number of benzene rings is 1. The molecular formula is C16H22IN3O2. The summed E-state index contributed by atoms with van der Waals surface area (Å²) >= 11 is 0. The standard InChI is InChI=1S/C16H21N3O2.HI/c1-2-11-21-15-5-3-14(4-6-15)7-8-18-16(17)19-9-12-20-13-10-19;/h1,3-6H,7-13H2,(H2,17,18);1H. The average Bonchev–Trinajstić information content (AvgIpc) is 2.55. The van der Waals surface area contributed by atoms with Crippen molar-refractivity contribution >= 4 is 29.9 Å². The lowest BCUT2D eigenvalue weighted by atomic mass is 10.1. The van der Waals surface area contributed by atoms with Crippen molar-refractivity contribution in [2.24, 2.45) is 10.7 Å². The number of hydrogen-bond acceptors (Lipinski definition) is 3. The Labute approximate surface area is 148 Å². The van der Waals surface area contributed by atoms with Crippen LogP contribution >= 0.6 is 24.0 Å². The Kier molecular flexibility index (Phi) is 8.70. The van der Waals surface area contributed by atoms with Crippen molar-refractivity contribution in [2.75, 3.05) is 39.5 Å². The van der Waals surface area contributed by atoms with Gasteiger partial charge >= 0.3 is 0 Å². The highest BCUT2D eigenvalue weighted by atomic mass is 127. The van der Waals surface area contributed by atoms with Gasteiger partial charge in [0, 0.05) is 19.6 Å². The number of guanidine groups is 1. The SMILES string of the molecule is C#CCOc1ccc(CCN=C(N)N2CCOCC2)cc1.I. The second-order valence-corrected chi connectivity index (χ2v) is 4.73. The Bertz CT molecular complexity index is 505. The summed E-state index contributed by atoms with van der Waals surface area (Å²) in [6.07, 6.45) is 6.00. The van der Waals surface area contributed by atoms with Gasteiger partial charge in [-0.25, -0.2) is 0 Å². The largest absolute Gasteiger partial charge is 0.481 e. The maximum atomic E-state index is 5.97. The van der Waals surface area contributed by atoms with Crippen molar-refractivity contribution in [1.29, 1.82) is 0 Å². The van der Waals surface area contributed by atoms with Crippen LogP contribution in [-0.2, 0) is 11.2 Å². The van der Waals surface area contributed by atoms with Crippen molar-refractivity contribution in [1.82, 2.24) is 4.90 Å². The summed E-state index contributed by atoms with van der Waals surface area (Å²) in [7, 11) is 0. The Morgan fingerprint density at radius 2 is 2.00 bits per heavy atom. The summed E-state index contributed by atoms with van der Waals surface area (Å²) in [5.41, 5.74) is 7.17. The van der Waals surface area contributed by atoms with Crippen molar-refractivity contribution in [3.8, 4) is 18.1 Å². The molecule has 5 nitrogen and oxygen atoms in total. The second kappa shape index (κ2) is 10.3. The highest BCUT2D eigenvalue weighted by Crippen LogP contribution is 2.12. The molecule has 0 unspecified atom stereocenters. The molecule has 1 aromatic carbocycles. The topological polar surface area (TPSA) is 60.1 Å². The number of terminal acetylenes is 1. The molecule has 0 atom stereocenters. The maximum absolute atomic E-state index is 5.97. The molecule has 0 spiro atoms. The maximum Gasteiger partial charge on any atom is 0.191 e. The molecule has 1 saturated heterocycles. The average molecular weight is 415 g/mol. The van der Waals surface area contributed by atoms with Crippen molar-refractivity contribution < 1.29 is 9.47 Å². The Hall–Kier alpha value is -1.46. The normalized spacial score (nSPS) is 14.9. The molecule has 0 radical (unpaired) electrons. The van der Waals surface area contributed by atoms with Gasteiger partial charge in [-0.2, -0.15) is 0 Å². The van der Waals surface area contributed by atoms with E-state index in [2.05, 4.69) is 15.8 Å². The van der Waals surface area contributed by atoms with E-state index in [-0.39, 0.29) is 24.0 Å². The van der Waals surface area contributed by atoms with Gasteiger partial charge < -0.3 is 20.1 Å². The van der Waals surface area contributed by atoms with Crippen LogP contribution in [0.2, 0.25) is 0 Å². The first-order valence-electron chi connectivity index (χ1n) is 7.07. The number of ether oxygens (including phenoxy) is 2. The van der Waals surface area contributed by atoms with Gasteiger partial charge in [0.25, 0.3) is 0 Å². The number of aliphatic imine (C=N–C) groups is 1. The van der Waals surface area contributed by atoms with Crippen LogP contribution in [0.15, 0.2) is 29.3 Å². The molecule has 0 saturated carbocycles. The zero-order valence-electron chi connectivity index (χ0n) is 12.5. The van der Waals surface area contributed by atoms with E-state index in [9.17, 15) is 0 Å². The van der Waals surface area contributed by atoms with Crippen LogP contribution < -0.4 is 10.5 Å². The van der Waals surface area contributed by atoms with Crippen LogP contribution in [0.3, 0.4) is 0 Å².